The highest BCUT2D eigenvalue weighted by Gasteiger charge is 2.44. The second-order valence-corrected chi connectivity index (χ2v) is 26.1. The van der Waals surface area contributed by atoms with E-state index in [2.05, 4.69) is 153 Å². The lowest BCUT2D eigenvalue weighted by Crippen LogP contribution is -2.60. The van der Waals surface area contributed by atoms with Crippen molar-refractivity contribution >= 4 is 5.91 Å². The van der Waals surface area contributed by atoms with Gasteiger partial charge < -0.3 is 40.3 Å². The Morgan fingerprint density at radius 3 is 0.989 bits per heavy atom. The first-order valence-electron chi connectivity index (χ1n) is 38.6. The lowest BCUT2D eigenvalue weighted by atomic mass is 9.99. The van der Waals surface area contributed by atoms with E-state index in [1.807, 2.05) is 6.08 Å². The predicted octanol–water partition coefficient (Wildman–Crippen LogP) is 22.1. The average Bonchev–Trinajstić information content (AvgIpc) is 1.00. The Morgan fingerprint density at radius 1 is 0.376 bits per heavy atom. The number of aliphatic hydroxyl groups is 5. The molecule has 1 heterocycles. The van der Waals surface area contributed by atoms with Crippen LogP contribution in [-0.2, 0) is 14.3 Å². The molecular formula is C84H143NO8. The van der Waals surface area contributed by atoms with E-state index in [-0.39, 0.29) is 12.5 Å². The van der Waals surface area contributed by atoms with Crippen molar-refractivity contribution in [2.45, 2.75) is 365 Å². The van der Waals surface area contributed by atoms with E-state index in [1.165, 1.54) is 180 Å². The molecular weight excluding hydrogens is 1150 g/mol. The van der Waals surface area contributed by atoms with Gasteiger partial charge in [-0.25, -0.2) is 0 Å². The van der Waals surface area contributed by atoms with Gasteiger partial charge in [-0.2, -0.15) is 0 Å². The normalized spacial score (nSPS) is 18.5. The lowest BCUT2D eigenvalue weighted by Gasteiger charge is -2.40. The van der Waals surface area contributed by atoms with Crippen molar-refractivity contribution in [3.05, 3.63) is 146 Å². The standard InChI is InChI=1S/C84H143NO8/c1-3-5-7-9-11-13-15-17-19-21-23-25-27-29-31-33-34-35-36-37-38-39-40-41-42-43-44-46-48-50-52-54-56-58-60-62-64-66-68-70-72-74-80(88)85-77(76-92-84-83(91)82(90)81(89)79(75-86)93-84)78(87)73-71-69-67-65-63-61-59-57-55-53-51-49-47-45-32-30-28-26-24-22-20-18-16-14-12-10-8-6-4-2/h5,7,11,13,17,19,23,25,29,31,34-35,37-38,40-41,43-44,48,50,54,56,71,73,77-79,81-84,86-87,89-91H,3-4,6,8-10,12,14-16,18,20-22,24,26-28,30,32-33,36,39,42,45-47,49,51-53,55,57-70,72,74-76H2,1-2H3,(H,85,88)/b7-5-,13-11-,19-17-,25-23-,31-29-,35-34-,38-37-,41-40-,44-43-,50-48-,56-54-,73-71+. The van der Waals surface area contributed by atoms with E-state index >= 15 is 0 Å². The van der Waals surface area contributed by atoms with E-state index in [0.29, 0.717) is 6.42 Å². The van der Waals surface area contributed by atoms with Gasteiger partial charge >= 0.3 is 0 Å². The van der Waals surface area contributed by atoms with Crippen LogP contribution < -0.4 is 5.32 Å². The first-order valence-corrected chi connectivity index (χ1v) is 38.6. The smallest absolute Gasteiger partial charge is 0.220 e. The molecule has 0 aliphatic carbocycles. The number of hydrogen-bond donors (Lipinski definition) is 6. The maximum Gasteiger partial charge on any atom is 0.220 e. The van der Waals surface area contributed by atoms with Crippen molar-refractivity contribution in [1.29, 1.82) is 0 Å². The Balaban J connectivity index is 2.15. The van der Waals surface area contributed by atoms with Crippen molar-refractivity contribution in [2.75, 3.05) is 13.2 Å². The molecule has 1 aliphatic rings. The summed E-state index contributed by atoms with van der Waals surface area (Å²) in [7, 11) is 0. The monoisotopic (exact) mass is 1290 g/mol. The van der Waals surface area contributed by atoms with Crippen LogP contribution in [0.15, 0.2) is 146 Å². The van der Waals surface area contributed by atoms with Gasteiger partial charge in [-0.3, -0.25) is 4.79 Å². The number of amides is 1. The van der Waals surface area contributed by atoms with Crippen LogP contribution in [-0.4, -0.2) is 87.5 Å². The third-order valence-corrected chi connectivity index (χ3v) is 17.4. The molecule has 1 saturated heterocycles. The third-order valence-electron chi connectivity index (χ3n) is 17.4. The van der Waals surface area contributed by atoms with Crippen LogP contribution >= 0.6 is 0 Å². The molecule has 9 nitrogen and oxygen atoms in total. The van der Waals surface area contributed by atoms with Crippen molar-refractivity contribution in [3.63, 3.8) is 0 Å². The number of unbranched alkanes of at least 4 members (excludes halogenated alkanes) is 34. The molecule has 0 radical (unpaired) electrons. The van der Waals surface area contributed by atoms with Crippen LogP contribution in [0.4, 0.5) is 0 Å². The molecule has 0 aromatic rings. The zero-order chi connectivity index (χ0) is 67.1. The Morgan fingerprint density at radius 2 is 0.667 bits per heavy atom. The van der Waals surface area contributed by atoms with Gasteiger partial charge in [-0.15, -0.1) is 0 Å². The van der Waals surface area contributed by atoms with Crippen LogP contribution in [0.5, 0.6) is 0 Å². The minimum absolute atomic E-state index is 0.190. The lowest BCUT2D eigenvalue weighted by molar-refractivity contribution is -0.302. The Kier molecular flexibility index (Phi) is 66.3. The van der Waals surface area contributed by atoms with E-state index < -0.39 is 49.5 Å². The molecule has 7 atom stereocenters. The summed E-state index contributed by atoms with van der Waals surface area (Å²) in [4.78, 5) is 13.2. The molecule has 93 heavy (non-hydrogen) atoms. The molecule has 0 spiro atoms. The van der Waals surface area contributed by atoms with Crippen LogP contribution in [0, 0.1) is 0 Å². The number of carbonyl (C=O) groups is 1. The Bertz CT molecular complexity index is 1990. The number of carbonyl (C=O) groups excluding carboxylic acids is 1. The number of nitrogens with one attached hydrogen (secondary N) is 1. The van der Waals surface area contributed by atoms with Crippen LogP contribution in [0.25, 0.3) is 0 Å². The largest absolute Gasteiger partial charge is 0.394 e. The molecule has 6 N–H and O–H groups in total. The van der Waals surface area contributed by atoms with E-state index in [0.717, 1.165) is 122 Å². The summed E-state index contributed by atoms with van der Waals surface area (Å²) in [6.07, 6.45) is 102. The van der Waals surface area contributed by atoms with Gasteiger partial charge in [0.1, 0.15) is 24.4 Å². The SMILES string of the molecule is CC/C=C\C/C=C\C/C=C\C/C=C\C/C=C\C/C=C\C/C=C\C/C=C\C/C=C\C/C=C\C/C=C\CCCCCCCCCC(=O)NC(COC1OC(CO)C(O)C(O)C1O)C(O)/C=C/CCCCCCCCCCCCCCCCCCCCCCCCCCCCC. The fourth-order valence-electron chi connectivity index (χ4n) is 11.5. The number of aliphatic hydroxyl groups excluding tert-OH is 5. The fourth-order valence-corrected chi connectivity index (χ4v) is 11.5. The van der Waals surface area contributed by atoms with Crippen LogP contribution in [0.3, 0.4) is 0 Å². The summed E-state index contributed by atoms with van der Waals surface area (Å²) >= 11 is 0. The van der Waals surface area contributed by atoms with E-state index in [1.54, 1.807) is 6.08 Å². The molecule has 0 aromatic heterocycles. The van der Waals surface area contributed by atoms with Crippen molar-refractivity contribution in [2.24, 2.45) is 0 Å². The average molecular weight is 1300 g/mol. The topological polar surface area (TPSA) is 149 Å². The second kappa shape index (κ2) is 70.9. The number of ether oxygens (including phenoxy) is 2. The summed E-state index contributed by atoms with van der Waals surface area (Å²) in [5, 5.41) is 54.9. The highest BCUT2D eigenvalue weighted by Crippen LogP contribution is 2.23. The molecule has 7 unspecified atom stereocenters. The van der Waals surface area contributed by atoms with Crippen LogP contribution in [0.1, 0.15) is 322 Å². The molecule has 532 valence electrons. The van der Waals surface area contributed by atoms with Gasteiger partial charge in [0, 0.05) is 6.42 Å². The minimum Gasteiger partial charge on any atom is -0.394 e. The molecule has 1 aliphatic heterocycles. The Hall–Kier alpha value is -3.93. The molecule has 1 fully saturated rings. The van der Waals surface area contributed by atoms with Gasteiger partial charge in [-0.05, 0) is 103 Å². The summed E-state index contributed by atoms with van der Waals surface area (Å²) in [6.45, 7) is 3.69. The molecule has 1 rings (SSSR count). The van der Waals surface area contributed by atoms with E-state index in [4.69, 9.17) is 9.47 Å². The Labute approximate surface area is 572 Å². The highest BCUT2D eigenvalue weighted by atomic mass is 16.7. The van der Waals surface area contributed by atoms with Gasteiger partial charge in [0.05, 0.1) is 25.4 Å². The zero-order valence-corrected chi connectivity index (χ0v) is 59.7. The highest BCUT2D eigenvalue weighted by molar-refractivity contribution is 5.76. The van der Waals surface area contributed by atoms with Gasteiger partial charge in [0.25, 0.3) is 0 Å². The minimum atomic E-state index is -1.58. The van der Waals surface area contributed by atoms with Crippen molar-refractivity contribution < 1.29 is 39.8 Å². The molecule has 1 amide bonds. The molecule has 0 bridgehead atoms. The first kappa shape index (κ1) is 87.1. The van der Waals surface area contributed by atoms with Crippen LogP contribution in [0.2, 0.25) is 0 Å². The summed E-state index contributed by atoms with van der Waals surface area (Å²) < 4.78 is 11.3. The molecule has 0 saturated carbocycles. The fraction of sp³-hybridized carbons (Fsp3) is 0.702. The molecule has 9 heteroatoms. The summed E-state index contributed by atoms with van der Waals surface area (Å²) in [5.74, 6) is -0.190. The third kappa shape index (κ3) is 59.1. The van der Waals surface area contributed by atoms with Gasteiger partial charge in [0.2, 0.25) is 5.91 Å². The van der Waals surface area contributed by atoms with Crippen molar-refractivity contribution in [3.8, 4) is 0 Å². The maximum atomic E-state index is 13.2. The number of rotatable bonds is 66. The number of hydrogen-bond acceptors (Lipinski definition) is 8. The summed E-state index contributed by atoms with van der Waals surface area (Å²) in [6, 6.07) is -0.824. The maximum absolute atomic E-state index is 13.2. The second-order valence-electron chi connectivity index (χ2n) is 26.1. The van der Waals surface area contributed by atoms with Crippen molar-refractivity contribution in [1.82, 2.24) is 5.32 Å². The van der Waals surface area contributed by atoms with E-state index in [9.17, 15) is 30.3 Å². The molecule has 0 aromatic carbocycles. The van der Waals surface area contributed by atoms with Gasteiger partial charge in [0.15, 0.2) is 6.29 Å². The first-order chi connectivity index (χ1) is 45.8. The quantitative estimate of drug-likeness (QED) is 0.0261. The summed E-state index contributed by atoms with van der Waals surface area (Å²) in [5.41, 5.74) is 0. The predicted molar refractivity (Wildman–Crippen MR) is 400 cm³/mol. The van der Waals surface area contributed by atoms with Gasteiger partial charge in [-0.1, -0.05) is 359 Å². The number of allylic oxidation sites excluding steroid dienone is 23. The zero-order valence-electron chi connectivity index (χ0n) is 59.7.